The molecule has 0 bridgehead atoms. The number of hydrogen-bond donors (Lipinski definition) is 6. The summed E-state index contributed by atoms with van der Waals surface area (Å²) in [6, 6.07) is 10.5. The molecule has 3 aromatic carbocycles. The Labute approximate surface area is 466 Å². The second-order valence-electron chi connectivity index (χ2n) is 21.7. The third-order valence-corrected chi connectivity index (χ3v) is 14.0. The molecule has 1 aromatic heterocycles. The topological polar surface area (TPSA) is 282 Å². The number of ether oxygens (including phenoxy) is 1. The molecule has 8 N–H and O–H groups in total. The summed E-state index contributed by atoms with van der Waals surface area (Å²) >= 11 is 0. The van der Waals surface area contributed by atoms with Crippen molar-refractivity contribution in [2.75, 3.05) is 38.0 Å². The lowest BCUT2D eigenvalue weighted by Crippen LogP contribution is -2.55. The number of halogens is 4. The van der Waals surface area contributed by atoms with Crippen LogP contribution in [0.5, 0.6) is 0 Å². The van der Waals surface area contributed by atoms with E-state index in [9.17, 15) is 52.2 Å². The van der Waals surface area contributed by atoms with Crippen molar-refractivity contribution in [2.45, 2.75) is 111 Å². The highest BCUT2D eigenvalue weighted by Crippen LogP contribution is 2.41. The van der Waals surface area contributed by atoms with E-state index < -0.39 is 125 Å². The van der Waals surface area contributed by atoms with Gasteiger partial charge in [0.05, 0.1) is 24.3 Å². The zero-order valence-corrected chi connectivity index (χ0v) is 46.0. The van der Waals surface area contributed by atoms with Crippen molar-refractivity contribution in [3.63, 3.8) is 0 Å². The normalized spacial score (nSPS) is 17.1. The molecule has 3 heterocycles. The standard InChI is InChI=1S/C57H70F4N10O10/c1-32(2)49(67-53(77)45(20-21-62)71-47(74)18-19-48(71)75)46(73)24-36(10-8-22-64-55(63)79)52(76)65-40-15-12-34(13-16-40)31-81-56(80)69-27-37(43(61)29-69)28-70(54(78)33(3)72)50(57(4,5)6)51-66-44(41-25-39(59)14-17-42(41)60)30-68(51)26-35-9-7-11-38(58)23-35/h7,9,11-19,23,25,30,32-33,36-37,43,45,49-50,72H,8,10,20-22,24,26-29,31,62H2,1-6H3,(H,65,76)(H,67,77)(H3,63,64,79)/t33-,36+,37-,43-,45+,49-,50-/m0/s1. The van der Waals surface area contributed by atoms with Gasteiger partial charge in [0, 0.05) is 74.0 Å². The average molecular weight is 1130 g/mol. The van der Waals surface area contributed by atoms with E-state index in [1.807, 2.05) is 0 Å². The number of nitrogens with two attached hydrogens (primary N) is 2. The molecule has 1 saturated heterocycles. The van der Waals surface area contributed by atoms with Gasteiger partial charge >= 0.3 is 12.1 Å². The van der Waals surface area contributed by atoms with E-state index >= 15 is 8.78 Å². The Morgan fingerprint density at radius 1 is 0.889 bits per heavy atom. The van der Waals surface area contributed by atoms with Crippen LogP contribution in [-0.2, 0) is 46.7 Å². The third kappa shape index (κ3) is 16.3. The number of nitrogens with zero attached hydrogens (tertiary/aromatic N) is 5. The maximum absolute atomic E-state index is 16.2. The number of aromatic nitrogens is 2. The van der Waals surface area contributed by atoms with Gasteiger partial charge in [-0.05, 0) is 97.7 Å². The van der Waals surface area contributed by atoms with Crippen LogP contribution in [0.25, 0.3) is 11.3 Å². The highest BCUT2D eigenvalue weighted by Gasteiger charge is 2.45. The van der Waals surface area contributed by atoms with Crippen molar-refractivity contribution < 1.29 is 65.8 Å². The number of ketones is 1. The van der Waals surface area contributed by atoms with Gasteiger partial charge in [-0.1, -0.05) is 58.9 Å². The number of aliphatic hydroxyl groups excluding tert-OH is 1. The lowest BCUT2D eigenvalue weighted by atomic mass is 9.84. The summed E-state index contributed by atoms with van der Waals surface area (Å²) in [4.78, 5) is 113. The molecule has 4 aromatic rings. The van der Waals surface area contributed by atoms with Crippen LogP contribution in [0.2, 0.25) is 0 Å². The molecule has 6 rings (SSSR count). The number of alkyl halides is 1. The largest absolute Gasteiger partial charge is 0.445 e. The van der Waals surface area contributed by atoms with Crippen LogP contribution in [0, 0.1) is 40.6 Å². The highest BCUT2D eigenvalue weighted by atomic mass is 19.1. The van der Waals surface area contributed by atoms with Crippen LogP contribution < -0.4 is 27.4 Å². The maximum atomic E-state index is 16.2. The highest BCUT2D eigenvalue weighted by molar-refractivity contribution is 6.15. The number of hydrogen-bond acceptors (Lipinski definition) is 12. The lowest BCUT2D eigenvalue weighted by molar-refractivity contribution is -0.146. The summed E-state index contributed by atoms with van der Waals surface area (Å²) in [6.45, 7) is 8.78. The van der Waals surface area contributed by atoms with Gasteiger partial charge in [-0.25, -0.2) is 32.1 Å². The molecule has 20 nitrogen and oxygen atoms in total. The van der Waals surface area contributed by atoms with Gasteiger partial charge in [0.25, 0.3) is 17.7 Å². The summed E-state index contributed by atoms with van der Waals surface area (Å²) < 4.78 is 67.6. The number of aliphatic hydroxyl groups is 1. The van der Waals surface area contributed by atoms with Crippen molar-refractivity contribution in [1.82, 2.24) is 34.9 Å². The summed E-state index contributed by atoms with van der Waals surface area (Å²) in [6.07, 6.45) is -0.672. The summed E-state index contributed by atoms with van der Waals surface area (Å²) in [7, 11) is 0. The van der Waals surface area contributed by atoms with E-state index in [4.69, 9.17) is 21.2 Å². The van der Waals surface area contributed by atoms with Crippen LogP contribution in [0.15, 0.2) is 85.1 Å². The first-order valence-electron chi connectivity index (χ1n) is 26.6. The maximum Gasteiger partial charge on any atom is 0.410 e. The number of benzene rings is 3. The van der Waals surface area contributed by atoms with Crippen molar-refractivity contribution in [3.8, 4) is 11.3 Å². The molecule has 0 aliphatic carbocycles. The van der Waals surface area contributed by atoms with E-state index in [-0.39, 0.29) is 82.1 Å². The Morgan fingerprint density at radius 3 is 2.19 bits per heavy atom. The molecule has 8 amide bonds. The van der Waals surface area contributed by atoms with Gasteiger partial charge in [-0.15, -0.1) is 0 Å². The average Bonchev–Trinajstić information content (AvgIpc) is 4.32. The molecule has 81 heavy (non-hydrogen) atoms. The van der Waals surface area contributed by atoms with Crippen molar-refractivity contribution in [3.05, 3.63) is 119 Å². The number of likely N-dealkylation sites (tertiary alicyclic amines) is 1. The molecule has 7 atom stereocenters. The number of rotatable bonds is 25. The Morgan fingerprint density at radius 2 is 1.57 bits per heavy atom. The minimum absolute atomic E-state index is 0.00261. The van der Waals surface area contributed by atoms with Crippen LogP contribution in [0.4, 0.5) is 32.8 Å². The lowest BCUT2D eigenvalue weighted by Gasteiger charge is -2.41. The molecule has 0 radical (unpaired) electrons. The fraction of sp³-hybridized carbons (Fsp3) is 0.456. The summed E-state index contributed by atoms with van der Waals surface area (Å²) in [5, 5.41) is 18.7. The van der Waals surface area contributed by atoms with E-state index in [0.717, 1.165) is 40.2 Å². The number of carbonyl (C=O) groups is 8. The van der Waals surface area contributed by atoms with Gasteiger partial charge in [-0.3, -0.25) is 33.7 Å². The number of nitrogens with one attached hydrogen (secondary N) is 3. The van der Waals surface area contributed by atoms with Crippen LogP contribution in [0.1, 0.15) is 90.2 Å². The quantitative estimate of drug-likeness (QED) is 0.0266. The molecule has 2 aliphatic heterocycles. The second-order valence-corrected chi connectivity index (χ2v) is 21.7. The van der Waals surface area contributed by atoms with Crippen molar-refractivity contribution in [2.24, 2.45) is 34.6 Å². The van der Waals surface area contributed by atoms with Crippen LogP contribution in [0.3, 0.4) is 0 Å². The minimum Gasteiger partial charge on any atom is -0.445 e. The summed E-state index contributed by atoms with van der Waals surface area (Å²) in [5.41, 5.74) is 11.1. The third-order valence-electron chi connectivity index (χ3n) is 14.0. The number of carbonyl (C=O) groups excluding carboxylic acids is 8. The zero-order chi connectivity index (χ0) is 59.5. The minimum atomic E-state index is -1.67. The summed E-state index contributed by atoms with van der Waals surface area (Å²) in [5.74, 6) is -8.39. The van der Waals surface area contributed by atoms with Gasteiger partial charge < -0.3 is 51.6 Å². The van der Waals surface area contributed by atoms with Gasteiger partial charge in [0.15, 0.2) is 5.78 Å². The predicted molar refractivity (Wildman–Crippen MR) is 289 cm³/mol. The first kappa shape index (κ1) is 62.2. The molecule has 436 valence electrons. The monoisotopic (exact) mass is 1130 g/mol. The molecule has 0 unspecified atom stereocenters. The Hall–Kier alpha value is -7.99. The van der Waals surface area contributed by atoms with E-state index in [1.54, 1.807) is 57.4 Å². The molecule has 24 heteroatoms. The van der Waals surface area contributed by atoms with Gasteiger partial charge in [-0.2, -0.15) is 0 Å². The molecular weight excluding hydrogens is 1060 g/mol. The van der Waals surface area contributed by atoms with E-state index in [1.165, 1.54) is 48.4 Å². The number of imide groups is 1. The molecule has 1 fully saturated rings. The van der Waals surface area contributed by atoms with Crippen LogP contribution in [-0.4, -0.2) is 134 Å². The Bertz CT molecular complexity index is 2970. The molecule has 2 aliphatic rings. The predicted octanol–water partition coefficient (Wildman–Crippen LogP) is 5.66. The molecule has 0 saturated carbocycles. The Kier molecular flexibility index (Phi) is 21.1. The first-order chi connectivity index (χ1) is 38.2. The first-order valence-corrected chi connectivity index (χ1v) is 26.6. The number of anilines is 1. The van der Waals surface area contributed by atoms with E-state index in [2.05, 4.69) is 16.0 Å². The van der Waals surface area contributed by atoms with Crippen molar-refractivity contribution >= 4 is 53.1 Å². The van der Waals surface area contributed by atoms with Gasteiger partial charge in [0.2, 0.25) is 11.8 Å². The Balaban J connectivity index is 1.12. The SMILES string of the molecule is CC(C)[C@H](NC(=O)[C@@H](CCN)N1C(=O)C=CC1=O)C(=O)C[C@@H](CCCNC(N)=O)C(=O)Nc1ccc(COC(=O)N2C[C@@H](CN(C(=O)[C@H](C)O)[C@@H](c3nc(-c4cc(F)ccc4F)cn3Cc3cccc(F)c3)C(C)(C)C)[C@@H](F)C2)cc1. The fourth-order valence-electron chi connectivity index (χ4n) is 9.94. The number of Topliss-reactive ketones (excluding diaryl/α,β-unsaturated/α-hetero) is 1. The van der Waals surface area contributed by atoms with E-state index in [0.29, 0.717) is 16.8 Å². The molecule has 0 spiro atoms. The second kappa shape index (κ2) is 27.5. The van der Waals surface area contributed by atoms with Gasteiger partial charge in [0.1, 0.15) is 48.2 Å². The smallest absolute Gasteiger partial charge is 0.410 e. The number of primary amides is 1. The number of imidazole rings is 1. The zero-order valence-electron chi connectivity index (χ0n) is 46.0. The number of amides is 8. The van der Waals surface area contributed by atoms with Crippen LogP contribution >= 0.6 is 0 Å². The fourth-order valence-corrected chi connectivity index (χ4v) is 9.94. The van der Waals surface area contributed by atoms with Crippen molar-refractivity contribution in [1.29, 1.82) is 0 Å². The molecular formula is C57H70F4N10O10. The number of urea groups is 1.